The van der Waals surface area contributed by atoms with Crippen LogP contribution in [0.1, 0.15) is 31.1 Å². The molecule has 4 nitrogen and oxygen atoms in total. The number of aliphatic hydroxyl groups is 1. The highest BCUT2D eigenvalue weighted by Gasteiger charge is 2.27. The summed E-state index contributed by atoms with van der Waals surface area (Å²) in [6.45, 7) is -0.0480. The molecular formula is C9H15N3OS2. The Kier molecular flexibility index (Phi) is 3.48. The van der Waals surface area contributed by atoms with Crippen LogP contribution in [0.5, 0.6) is 0 Å². The maximum atomic E-state index is 9.16. The average molecular weight is 245 g/mol. The first-order chi connectivity index (χ1) is 7.26. The van der Waals surface area contributed by atoms with E-state index in [4.69, 9.17) is 17.3 Å². The molecule has 1 aromatic rings. The molecular weight excluding hydrogens is 230 g/mol. The lowest BCUT2D eigenvalue weighted by molar-refractivity contribution is 0.259. The van der Waals surface area contributed by atoms with E-state index in [1.165, 1.54) is 6.42 Å². The van der Waals surface area contributed by atoms with Crippen molar-refractivity contribution in [1.82, 2.24) is 14.8 Å². The van der Waals surface area contributed by atoms with E-state index in [0.717, 1.165) is 18.1 Å². The van der Waals surface area contributed by atoms with Gasteiger partial charge in [-0.25, -0.2) is 0 Å². The number of aliphatic hydroxyl groups excluding tert-OH is 1. The molecule has 0 spiro atoms. The monoisotopic (exact) mass is 245 g/mol. The van der Waals surface area contributed by atoms with Crippen molar-refractivity contribution >= 4 is 24.0 Å². The molecule has 6 heteroatoms. The van der Waals surface area contributed by atoms with Crippen LogP contribution in [-0.4, -0.2) is 31.4 Å². The summed E-state index contributed by atoms with van der Waals surface area (Å²) < 4.78 is 2.61. The van der Waals surface area contributed by atoms with E-state index in [1.54, 1.807) is 0 Å². The lowest BCUT2D eigenvalue weighted by atomic mass is 10.2. The SMILES string of the molecule is CSC1CCC(n2c(CO)n[nH]c2=S)C1. The van der Waals surface area contributed by atoms with Gasteiger partial charge in [-0.3, -0.25) is 9.67 Å². The number of nitrogens with zero attached hydrogens (tertiary/aromatic N) is 2. The molecule has 0 saturated heterocycles. The average Bonchev–Trinajstić information content (AvgIpc) is 2.83. The molecule has 2 rings (SSSR count). The Bertz CT molecular complexity index is 387. The maximum absolute atomic E-state index is 9.16. The van der Waals surface area contributed by atoms with Gasteiger partial charge in [0.1, 0.15) is 6.61 Å². The fourth-order valence-corrected chi connectivity index (χ4v) is 3.28. The fourth-order valence-electron chi connectivity index (χ4n) is 2.19. The van der Waals surface area contributed by atoms with Crippen LogP contribution in [0.25, 0.3) is 0 Å². The third-order valence-electron chi connectivity index (χ3n) is 2.97. The van der Waals surface area contributed by atoms with Crippen LogP contribution in [0.3, 0.4) is 0 Å². The highest BCUT2D eigenvalue weighted by atomic mass is 32.2. The number of aromatic nitrogens is 3. The molecule has 1 heterocycles. The molecule has 0 radical (unpaired) electrons. The summed E-state index contributed by atoms with van der Waals surface area (Å²) in [7, 11) is 0. The van der Waals surface area contributed by atoms with Crippen molar-refractivity contribution in [3.05, 3.63) is 10.6 Å². The van der Waals surface area contributed by atoms with Crippen LogP contribution >= 0.6 is 24.0 Å². The number of thioether (sulfide) groups is 1. The Hall–Kier alpha value is -0.330. The minimum absolute atomic E-state index is 0.0480. The van der Waals surface area contributed by atoms with Crippen LogP contribution in [0.2, 0.25) is 0 Å². The number of rotatable bonds is 3. The molecule has 1 aromatic heterocycles. The van der Waals surface area contributed by atoms with Gasteiger partial charge in [0.05, 0.1) is 0 Å². The van der Waals surface area contributed by atoms with Crippen molar-refractivity contribution in [2.24, 2.45) is 0 Å². The van der Waals surface area contributed by atoms with Crippen molar-refractivity contribution in [2.75, 3.05) is 6.26 Å². The zero-order valence-corrected chi connectivity index (χ0v) is 10.3. The number of hydrogen-bond acceptors (Lipinski definition) is 4. The van der Waals surface area contributed by atoms with Gasteiger partial charge in [0.2, 0.25) is 0 Å². The van der Waals surface area contributed by atoms with Gasteiger partial charge in [0.25, 0.3) is 0 Å². The molecule has 2 unspecified atom stereocenters. The van der Waals surface area contributed by atoms with E-state index >= 15 is 0 Å². The molecule has 15 heavy (non-hydrogen) atoms. The van der Waals surface area contributed by atoms with Gasteiger partial charge in [0.15, 0.2) is 10.6 Å². The predicted molar refractivity (Wildman–Crippen MR) is 63.5 cm³/mol. The van der Waals surface area contributed by atoms with Gasteiger partial charge in [0, 0.05) is 11.3 Å². The first-order valence-corrected chi connectivity index (χ1v) is 6.75. The molecule has 2 N–H and O–H groups in total. The van der Waals surface area contributed by atoms with Gasteiger partial charge in [-0.15, -0.1) is 0 Å². The van der Waals surface area contributed by atoms with E-state index in [1.807, 2.05) is 16.3 Å². The van der Waals surface area contributed by atoms with Crippen molar-refractivity contribution in [3.8, 4) is 0 Å². The van der Waals surface area contributed by atoms with Gasteiger partial charge in [-0.05, 0) is 37.7 Å². The number of hydrogen-bond donors (Lipinski definition) is 2. The molecule has 1 aliphatic rings. The normalized spacial score (nSPS) is 26.0. The zero-order valence-electron chi connectivity index (χ0n) is 8.64. The fraction of sp³-hybridized carbons (Fsp3) is 0.778. The standard InChI is InChI=1S/C9H15N3OS2/c1-15-7-3-2-6(4-7)12-8(5-13)10-11-9(12)14/h6-7,13H,2-5H2,1H3,(H,11,14). The van der Waals surface area contributed by atoms with Crippen LogP contribution in [0.4, 0.5) is 0 Å². The Morgan fingerprint density at radius 2 is 2.47 bits per heavy atom. The first-order valence-electron chi connectivity index (χ1n) is 5.05. The first kappa shape index (κ1) is 11.2. The molecule has 1 aliphatic carbocycles. The maximum Gasteiger partial charge on any atom is 0.195 e. The Morgan fingerprint density at radius 1 is 1.67 bits per heavy atom. The van der Waals surface area contributed by atoms with E-state index in [0.29, 0.717) is 16.6 Å². The van der Waals surface area contributed by atoms with E-state index in [2.05, 4.69) is 16.5 Å². The highest BCUT2D eigenvalue weighted by Crippen LogP contribution is 2.36. The van der Waals surface area contributed by atoms with Gasteiger partial charge in [-0.1, -0.05) is 0 Å². The van der Waals surface area contributed by atoms with Gasteiger partial charge < -0.3 is 5.11 Å². The summed E-state index contributed by atoms with van der Waals surface area (Å²) in [5, 5.41) is 16.6. The lowest BCUT2D eigenvalue weighted by Gasteiger charge is -2.13. The molecule has 84 valence electrons. The second kappa shape index (κ2) is 4.67. The van der Waals surface area contributed by atoms with E-state index in [9.17, 15) is 0 Å². The molecule has 0 aromatic carbocycles. The number of nitrogens with one attached hydrogen (secondary N) is 1. The minimum Gasteiger partial charge on any atom is -0.388 e. The molecule has 1 fully saturated rings. The van der Waals surface area contributed by atoms with Crippen LogP contribution < -0.4 is 0 Å². The van der Waals surface area contributed by atoms with E-state index in [-0.39, 0.29) is 6.61 Å². The summed E-state index contributed by atoms with van der Waals surface area (Å²) in [4.78, 5) is 0. The summed E-state index contributed by atoms with van der Waals surface area (Å²) in [6, 6.07) is 0.413. The Morgan fingerprint density at radius 3 is 3.07 bits per heavy atom. The van der Waals surface area contributed by atoms with E-state index < -0.39 is 0 Å². The summed E-state index contributed by atoms with van der Waals surface area (Å²) in [5.41, 5.74) is 0. The predicted octanol–water partition coefficient (Wildman–Crippen LogP) is 1.89. The quantitative estimate of drug-likeness (QED) is 0.799. The van der Waals surface area contributed by atoms with Crippen molar-refractivity contribution < 1.29 is 5.11 Å². The molecule has 1 saturated carbocycles. The van der Waals surface area contributed by atoms with Crippen molar-refractivity contribution in [1.29, 1.82) is 0 Å². The van der Waals surface area contributed by atoms with Crippen LogP contribution in [0, 0.1) is 4.77 Å². The summed E-state index contributed by atoms with van der Waals surface area (Å²) in [5.74, 6) is 0.659. The largest absolute Gasteiger partial charge is 0.388 e. The van der Waals surface area contributed by atoms with Crippen LogP contribution in [0.15, 0.2) is 0 Å². The second-order valence-electron chi connectivity index (χ2n) is 3.80. The third kappa shape index (κ3) is 2.11. The minimum atomic E-state index is -0.0480. The molecule has 0 aliphatic heterocycles. The van der Waals surface area contributed by atoms with Crippen LogP contribution in [-0.2, 0) is 6.61 Å². The number of H-pyrrole nitrogens is 1. The Labute approximate surface area is 98.1 Å². The molecule has 0 amide bonds. The highest BCUT2D eigenvalue weighted by molar-refractivity contribution is 7.99. The van der Waals surface area contributed by atoms with Crippen molar-refractivity contribution in [3.63, 3.8) is 0 Å². The smallest absolute Gasteiger partial charge is 0.195 e. The third-order valence-corrected chi connectivity index (χ3v) is 4.36. The summed E-state index contributed by atoms with van der Waals surface area (Å²) in [6.07, 6.45) is 5.63. The van der Waals surface area contributed by atoms with Gasteiger partial charge in [-0.2, -0.15) is 16.9 Å². The molecule has 0 bridgehead atoms. The topological polar surface area (TPSA) is 53.8 Å². The Balaban J connectivity index is 2.22. The summed E-state index contributed by atoms with van der Waals surface area (Å²) >= 11 is 7.09. The van der Waals surface area contributed by atoms with Gasteiger partial charge >= 0.3 is 0 Å². The molecule has 2 atom stereocenters. The number of aromatic amines is 1. The second-order valence-corrected chi connectivity index (χ2v) is 5.32. The van der Waals surface area contributed by atoms with Crippen molar-refractivity contribution in [2.45, 2.75) is 37.2 Å². The lowest BCUT2D eigenvalue weighted by Crippen LogP contribution is -2.10. The zero-order chi connectivity index (χ0) is 10.8.